The van der Waals surface area contributed by atoms with E-state index >= 15 is 0 Å². The van der Waals surface area contributed by atoms with E-state index in [0.717, 1.165) is 12.1 Å². The first-order valence-electron chi connectivity index (χ1n) is 6.72. The zero-order valence-electron chi connectivity index (χ0n) is 11.5. The van der Waals surface area contributed by atoms with Crippen LogP contribution >= 0.6 is 0 Å². The highest BCUT2D eigenvalue weighted by atomic mass is 19.4. The van der Waals surface area contributed by atoms with E-state index in [9.17, 15) is 13.2 Å². The lowest BCUT2D eigenvalue weighted by molar-refractivity contribution is -0.0964. The Bertz CT molecular complexity index is 454. The molecule has 0 aromatic heterocycles. The van der Waals surface area contributed by atoms with Crippen molar-refractivity contribution in [2.75, 3.05) is 26.7 Å². The summed E-state index contributed by atoms with van der Waals surface area (Å²) < 4.78 is 37.9. The molecule has 1 N–H and O–H groups in total. The van der Waals surface area contributed by atoms with Crippen LogP contribution in [0.25, 0.3) is 0 Å². The molecule has 0 aliphatic carbocycles. The molecule has 1 atom stereocenters. The second kappa shape index (κ2) is 6.41. The first-order chi connectivity index (χ1) is 9.52. The smallest absolute Gasteiger partial charge is 0.318 e. The molecule has 1 aliphatic rings. The Hall–Kier alpha value is -1.33. The van der Waals surface area contributed by atoms with Crippen LogP contribution in [0.5, 0.6) is 0 Å². The average molecular weight is 284 g/mol. The number of alkyl halides is 3. The number of nitrogens with zero attached hydrogens (tertiary/aromatic N) is 1. The molecular weight excluding hydrogens is 265 g/mol. The summed E-state index contributed by atoms with van der Waals surface area (Å²) in [4.78, 5) is 2.08. The molecule has 2 nitrogen and oxygen atoms in total. The molecule has 0 saturated carbocycles. The molecule has 110 valence electrons. The number of hydrogen-bond donors (Lipinski definition) is 1. The number of halogens is 3. The molecule has 0 radical (unpaired) electrons. The maximum absolute atomic E-state index is 12.6. The van der Waals surface area contributed by atoms with Gasteiger partial charge in [0, 0.05) is 31.2 Å². The molecule has 0 spiro atoms. The van der Waals surface area contributed by atoms with Crippen LogP contribution in [0, 0.1) is 0 Å². The van der Waals surface area contributed by atoms with E-state index in [-0.39, 0.29) is 12.5 Å². The SMILES string of the molecule is CNCC(c1ccccc1)N1CC=C(C(F)(F)F)CC1. The molecule has 1 heterocycles. The highest BCUT2D eigenvalue weighted by molar-refractivity contribution is 5.21. The van der Waals surface area contributed by atoms with Crippen LogP contribution in [-0.4, -0.2) is 37.8 Å². The molecule has 1 aromatic carbocycles. The second-order valence-electron chi connectivity index (χ2n) is 4.96. The normalized spacial score (nSPS) is 18.7. The van der Waals surface area contributed by atoms with Gasteiger partial charge in [0.15, 0.2) is 0 Å². The van der Waals surface area contributed by atoms with Crippen LogP contribution in [0.15, 0.2) is 42.0 Å². The summed E-state index contributed by atoms with van der Waals surface area (Å²) in [6.07, 6.45) is -2.80. The largest absolute Gasteiger partial charge is 0.412 e. The van der Waals surface area contributed by atoms with Crippen molar-refractivity contribution in [1.82, 2.24) is 10.2 Å². The first kappa shape index (κ1) is 15.1. The maximum atomic E-state index is 12.6. The minimum Gasteiger partial charge on any atom is -0.318 e. The van der Waals surface area contributed by atoms with Gasteiger partial charge in [0.1, 0.15) is 0 Å². The van der Waals surface area contributed by atoms with E-state index in [1.807, 2.05) is 37.4 Å². The lowest BCUT2D eigenvalue weighted by Gasteiger charge is -2.34. The molecule has 0 saturated heterocycles. The molecule has 1 aromatic rings. The Morgan fingerprint density at radius 3 is 2.45 bits per heavy atom. The predicted molar refractivity (Wildman–Crippen MR) is 73.4 cm³/mol. The van der Waals surface area contributed by atoms with Gasteiger partial charge in [-0.1, -0.05) is 36.4 Å². The Morgan fingerprint density at radius 2 is 1.95 bits per heavy atom. The first-order valence-corrected chi connectivity index (χ1v) is 6.72. The van der Waals surface area contributed by atoms with Crippen LogP contribution < -0.4 is 5.32 Å². The Kier molecular flexibility index (Phi) is 4.83. The molecular formula is C15H19F3N2. The third kappa shape index (κ3) is 3.61. The topological polar surface area (TPSA) is 15.3 Å². The molecule has 1 unspecified atom stereocenters. The van der Waals surface area contributed by atoms with E-state index in [4.69, 9.17) is 0 Å². The Labute approximate surface area is 117 Å². The van der Waals surface area contributed by atoms with Crippen LogP contribution in [0.4, 0.5) is 13.2 Å². The van der Waals surface area contributed by atoms with E-state index < -0.39 is 11.7 Å². The predicted octanol–water partition coefficient (Wildman–Crippen LogP) is 3.14. The monoisotopic (exact) mass is 284 g/mol. The quantitative estimate of drug-likeness (QED) is 0.855. The van der Waals surface area contributed by atoms with E-state index in [1.165, 1.54) is 6.08 Å². The van der Waals surface area contributed by atoms with Gasteiger partial charge in [-0.15, -0.1) is 0 Å². The van der Waals surface area contributed by atoms with Crippen LogP contribution in [-0.2, 0) is 0 Å². The average Bonchev–Trinajstić information content (AvgIpc) is 2.45. The van der Waals surface area contributed by atoms with Crippen molar-refractivity contribution in [1.29, 1.82) is 0 Å². The van der Waals surface area contributed by atoms with E-state index in [1.54, 1.807) is 0 Å². The molecule has 1 aliphatic heterocycles. The lowest BCUT2D eigenvalue weighted by atomic mass is 10.0. The van der Waals surface area contributed by atoms with Crippen molar-refractivity contribution in [3.8, 4) is 0 Å². The summed E-state index contributed by atoms with van der Waals surface area (Å²) in [6, 6.07) is 10.00. The summed E-state index contributed by atoms with van der Waals surface area (Å²) in [5.41, 5.74) is 0.732. The number of likely N-dealkylation sites (N-methyl/N-ethyl adjacent to an activating group) is 1. The third-order valence-electron chi connectivity index (χ3n) is 3.63. The van der Waals surface area contributed by atoms with Gasteiger partial charge in [-0.2, -0.15) is 13.2 Å². The fraction of sp³-hybridized carbons (Fsp3) is 0.467. The summed E-state index contributed by atoms with van der Waals surface area (Å²) in [7, 11) is 1.86. The van der Waals surface area contributed by atoms with Gasteiger partial charge < -0.3 is 5.32 Å². The van der Waals surface area contributed by atoms with Gasteiger partial charge in [-0.3, -0.25) is 4.90 Å². The number of rotatable bonds is 4. The van der Waals surface area contributed by atoms with Gasteiger partial charge in [-0.05, 0) is 19.0 Å². The lowest BCUT2D eigenvalue weighted by Crippen LogP contribution is -2.39. The zero-order valence-corrected chi connectivity index (χ0v) is 11.5. The third-order valence-corrected chi connectivity index (χ3v) is 3.63. The van der Waals surface area contributed by atoms with Crippen LogP contribution in [0.3, 0.4) is 0 Å². The molecule has 0 bridgehead atoms. The van der Waals surface area contributed by atoms with Crippen molar-refractivity contribution in [2.24, 2.45) is 0 Å². The number of benzene rings is 1. The molecule has 20 heavy (non-hydrogen) atoms. The molecule has 5 heteroatoms. The van der Waals surface area contributed by atoms with Crippen molar-refractivity contribution < 1.29 is 13.2 Å². The molecule has 0 amide bonds. The number of nitrogens with one attached hydrogen (secondary N) is 1. The van der Waals surface area contributed by atoms with Gasteiger partial charge >= 0.3 is 6.18 Å². The highest BCUT2D eigenvalue weighted by Crippen LogP contribution is 2.32. The van der Waals surface area contributed by atoms with Gasteiger partial charge in [0.05, 0.1) is 0 Å². The fourth-order valence-corrected chi connectivity index (χ4v) is 2.55. The Balaban J connectivity index is 2.12. The summed E-state index contributed by atoms with van der Waals surface area (Å²) in [5, 5.41) is 3.12. The van der Waals surface area contributed by atoms with Gasteiger partial charge in [0.25, 0.3) is 0 Å². The summed E-state index contributed by atoms with van der Waals surface area (Å²) in [5.74, 6) is 0. The minimum absolute atomic E-state index is 0.0660. The zero-order chi connectivity index (χ0) is 14.6. The standard InChI is InChI=1S/C15H19F3N2/c1-19-11-14(12-5-3-2-4-6-12)20-9-7-13(8-10-20)15(16,17)18/h2-7,14,19H,8-11H2,1H3. The highest BCUT2D eigenvalue weighted by Gasteiger charge is 2.35. The van der Waals surface area contributed by atoms with Crippen molar-refractivity contribution in [3.63, 3.8) is 0 Å². The van der Waals surface area contributed by atoms with Gasteiger partial charge in [-0.25, -0.2) is 0 Å². The van der Waals surface area contributed by atoms with Crippen molar-refractivity contribution in [3.05, 3.63) is 47.5 Å². The minimum atomic E-state index is -4.18. The van der Waals surface area contributed by atoms with E-state index in [0.29, 0.717) is 13.1 Å². The van der Waals surface area contributed by atoms with Crippen molar-refractivity contribution in [2.45, 2.75) is 18.6 Å². The van der Waals surface area contributed by atoms with E-state index in [2.05, 4.69) is 10.2 Å². The van der Waals surface area contributed by atoms with Crippen LogP contribution in [0.1, 0.15) is 18.0 Å². The van der Waals surface area contributed by atoms with Gasteiger partial charge in [0.2, 0.25) is 0 Å². The molecule has 2 rings (SSSR count). The second-order valence-corrected chi connectivity index (χ2v) is 4.96. The Morgan fingerprint density at radius 1 is 1.25 bits per heavy atom. The molecule has 0 fully saturated rings. The maximum Gasteiger partial charge on any atom is 0.412 e. The summed E-state index contributed by atoms with van der Waals surface area (Å²) >= 11 is 0. The summed E-state index contributed by atoms with van der Waals surface area (Å²) in [6.45, 7) is 1.50. The van der Waals surface area contributed by atoms with Crippen molar-refractivity contribution >= 4 is 0 Å². The van der Waals surface area contributed by atoms with Crippen LogP contribution in [0.2, 0.25) is 0 Å². The number of hydrogen-bond acceptors (Lipinski definition) is 2. The fourth-order valence-electron chi connectivity index (χ4n) is 2.55.